The summed E-state index contributed by atoms with van der Waals surface area (Å²) < 4.78 is 13.0. The molecular weight excluding hydrogens is 273 g/mol. The molecule has 0 atom stereocenters. The van der Waals surface area contributed by atoms with Crippen molar-refractivity contribution in [2.75, 3.05) is 0 Å². The van der Waals surface area contributed by atoms with Gasteiger partial charge in [0, 0.05) is 11.8 Å². The van der Waals surface area contributed by atoms with Crippen molar-refractivity contribution < 1.29 is 4.39 Å². The fraction of sp³-hybridized carbons (Fsp3) is 0.350. The Hall–Kier alpha value is -1.96. The van der Waals surface area contributed by atoms with Gasteiger partial charge in [0.2, 0.25) is 0 Å². The number of pyridine rings is 1. The quantitative estimate of drug-likeness (QED) is 0.656. The molecule has 0 radical (unpaired) electrons. The summed E-state index contributed by atoms with van der Waals surface area (Å²) in [6, 6.07) is 10.7. The third kappa shape index (κ3) is 3.44. The molecule has 0 aliphatic heterocycles. The molecule has 1 fully saturated rings. The van der Waals surface area contributed by atoms with E-state index in [9.17, 15) is 4.39 Å². The summed E-state index contributed by atoms with van der Waals surface area (Å²) in [7, 11) is 0. The van der Waals surface area contributed by atoms with E-state index in [0.29, 0.717) is 5.92 Å². The predicted molar refractivity (Wildman–Crippen MR) is 89.1 cm³/mol. The first-order valence-corrected chi connectivity index (χ1v) is 8.09. The Bertz CT molecular complexity index is 607. The Morgan fingerprint density at radius 3 is 2.36 bits per heavy atom. The van der Waals surface area contributed by atoms with Gasteiger partial charge in [0.15, 0.2) is 0 Å². The van der Waals surface area contributed by atoms with E-state index in [2.05, 4.69) is 23.7 Å². The normalized spacial score (nSPS) is 21.5. The molecule has 2 aromatic rings. The summed E-state index contributed by atoms with van der Waals surface area (Å²) in [5.41, 5.74) is 3.20. The molecule has 0 bridgehead atoms. The summed E-state index contributed by atoms with van der Waals surface area (Å²) in [6.07, 6.45) is 10.3. The number of allylic oxidation sites excluding steroid dienone is 1. The first-order chi connectivity index (χ1) is 10.8. The van der Waals surface area contributed by atoms with Gasteiger partial charge in [-0.3, -0.25) is 4.98 Å². The van der Waals surface area contributed by atoms with Crippen LogP contribution in [0.2, 0.25) is 0 Å². The van der Waals surface area contributed by atoms with Gasteiger partial charge in [-0.25, -0.2) is 4.39 Å². The van der Waals surface area contributed by atoms with Crippen LogP contribution in [0.4, 0.5) is 4.39 Å². The summed E-state index contributed by atoms with van der Waals surface area (Å²) >= 11 is 0. The fourth-order valence-corrected chi connectivity index (χ4v) is 3.41. The lowest BCUT2D eigenvalue weighted by Gasteiger charge is -2.28. The van der Waals surface area contributed by atoms with E-state index in [1.165, 1.54) is 43.4 Å². The molecule has 1 aliphatic carbocycles. The number of aromatic nitrogens is 1. The maximum Gasteiger partial charge on any atom is 0.123 e. The zero-order valence-corrected chi connectivity index (χ0v) is 12.8. The second-order valence-corrected chi connectivity index (χ2v) is 6.23. The van der Waals surface area contributed by atoms with E-state index in [1.54, 1.807) is 12.1 Å². The van der Waals surface area contributed by atoms with E-state index in [-0.39, 0.29) is 5.82 Å². The summed E-state index contributed by atoms with van der Waals surface area (Å²) in [5.74, 6) is 1.24. The van der Waals surface area contributed by atoms with Crippen LogP contribution in [0.25, 0.3) is 11.3 Å². The number of nitrogens with zero attached hydrogens (tertiary/aromatic N) is 1. The van der Waals surface area contributed by atoms with Crippen LogP contribution < -0.4 is 0 Å². The number of hydrogen-bond acceptors (Lipinski definition) is 1. The van der Waals surface area contributed by atoms with Gasteiger partial charge in [0.05, 0.1) is 5.69 Å². The lowest BCUT2D eigenvalue weighted by atomic mass is 9.78. The molecule has 0 unspecified atom stereocenters. The molecule has 1 saturated carbocycles. The molecular formula is C20H22FN. The average molecular weight is 295 g/mol. The van der Waals surface area contributed by atoms with Gasteiger partial charge >= 0.3 is 0 Å². The lowest BCUT2D eigenvalue weighted by molar-refractivity contribution is 0.328. The number of halogens is 1. The predicted octanol–water partition coefficient (Wildman–Crippen LogP) is 5.74. The highest BCUT2D eigenvalue weighted by Gasteiger charge is 2.21. The maximum absolute atomic E-state index is 13.0. The van der Waals surface area contributed by atoms with Gasteiger partial charge in [-0.15, -0.1) is 6.58 Å². The van der Waals surface area contributed by atoms with Crippen molar-refractivity contribution in [1.82, 2.24) is 4.98 Å². The first-order valence-electron chi connectivity index (χ1n) is 8.09. The van der Waals surface area contributed by atoms with E-state index >= 15 is 0 Å². The largest absolute Gasteiger partial charge is 0.256 e. The Morgan fingerprint density at radius 2 is 1.77 bits per heavy atom. The highest BCUT2D eigenvalue weighted by Crippen LogP contribution is 2.37. The Balaban J connectivity index is 1.67. The van der Waals surface area contributed by atoms with Crippen molar-refractivity contribution in [1.29, 1.82) is 0 Å². The molecule has 0 N–H and O–H groups in total. The molecule has 2 heteroatoms. The van der Waals surface area contributed by atoms with Gasteiger partial charge in [0.1, 0.15) is 5.82 Å². The SMILES string of the molecule is C=CC[C@H]1CC[C@H](c2ccc(-c3ccc(F)cc3)nc2)CC1. The highest BCUT2D eigenvalue weighted by atomic mass is 19.1. The molecule has 0 spiro atoms. The smallest absolute Gasteiger partial charge is 0.123 e. The zero-order chi connectivity index (χ0) is 15.4. The van der Waals surface area contributed by atoms with E-state index in [1.807, 2.05) is 12.3 Å². The molecule has 114 valence electrons. The summed E-state index contributed by atoms with van der Waals surface area (Å²) in [4.78, 5) is 4.57. The minimum Gasteiger partial charge on any atom is -0.256 e. The van der Waals surface area contributed by atoms with Crippen molar-refractivity contribution in [3.8, 4) is 11.3 Å². The summed E-state index contributed by atoms with van der Waals surface area (Å²) in [5, 5.41) is 0. The molecule has 1 nitrogen and oxygen atoms in total. The van der Waals surface area contributed by atoms with Crippen molar-refractivity contribution in [3.63, 3.8) is 0 Å². The molecule has 3 rings (SSSR count). The minimum atomic E-state index is -0.211. The van der Waals surface area contributed by atoms with Crippen molar-refractivity contribution in [2.45, 2.75) is 38.0 Å². The van der Waals surface area contributed by atoms with Crippen LogP contribution in [0.3, 0.4) is 0 Å². The van der Waals surface area contributed by atoms with Crippen LogP contribution in [0.15, 0.2) is 55.3 Å². The molecule has 22 heavy (non-hydrogen) atoms. The number of rotatable bonds is 4. The van der Waals surface area contributed by atoms with Crippen LogP contribution in [0.5, 0.6) is 0 Å². The third-order valence-electron chi connectivity index (χ3n) is 4.74. The third-order valence-corrected chi connectivity index (χ3v) is 4.74. The van der Waals surface area contributed by atoms with Crippen molar-refractivity contribution >= 4 is 0 Å². The molecule has 1 aromatic heterocycles. The molecule has 1 aliphatic rings. The zero-order valence-electron chi connectivity index (χ0n) is 12.8. The van der Waals surface area contributed by atoms with E-state index < -0.39 is 0 Å². The highest BCUT2D eigenvalue weighted by molar-refractivity contribution is 5.58. The number of hydrogen-bond donors (Lipinski definition) is 0. The Morgan fingerprint density at radius 1 is 1.05 bits per heavy atom. The number of benzene rings is 1. The Labute approximate surface area is 131 Å². The minimum absolute atomic E-state index is 0.211. The van der Waals surface area contributed by atoms with Crippen LogP contribution >= 0.6 is 0 Å². The van der Waals surface area contributed by atoms with Gasteiger partial charge in [-0.2, -0.15) is 0 Å². The summed E-state index contributed by atoms with van der Waals surface area (Å²) in [6.45, 7) is 3.84. The standard InChI is InChI=1S/C20H22FN/c1-2-3-15-4-6-16(7-5-15)18-10-13-20(22-14-18)17-8-11-19(21)12-9-17/h2,8-16H,1,3-7H2/t15-,16-. The van der Waals surface area contributed by atoms with Crippen LogP contribution in [-0.2, 0) is 0 Å². The van der Waals surface area contributed by atoms with Crippen molar-refractivity contribution in [2.24, 2.45) is 5.92 Å². The maximum atomic E-state index is 13.0. The van der Waals surface area contributed by atoms with Gasteiger partial charge in [0.25, 0.3) is 0 Å². The van der Waals surface area contributed by atoms with E-state index in [0.717, 1.165) is 23.6 Å². The second-order valence-electron chi connectivity index (χ2n) is 6.23. The Kier molecular flexibility index (Phi) is 4.67. The van der Waals surface area contributed by atoms with Gasteiger partial charge in [-0.1, -0.05) is 12.1 Å². The first kappa shape index (κ1) is 15.0. The fourth-order valence-electron chi connectivity index (χ4n) is 3.41. The van der Waals surface area contributed by atoms with Gasteiger partial charge < -0.3 is 0 Å². The topological polar surface area (TPSA) is 12.9 Å². The molecule has 0 saturated heterocycles. The monoisotopic (exact) mass is 295 g/mol. The lowest BCUT2D eigenvalue weighted by Crippen LogP contribution is -2.13. The average Bonchev–Trinajstić information content (AvgIpc) is 2.57. The second kappa shape index (κ2) is 6.87. The molecule has 1 aromatic carbocycles. The molecule has 0 amide bonds. The van der Waals surface area contributed by atoms with Gasteiger partial charge in [-0.05, 0) is 79.8 Å². The van der Waals surface area contributed by atoms with Crippen molar-refractivity contribution in [3.05, 3.63) is 66.6 Å². The van der Waals surface area contributed by atoms with E-state index in [4.69, 9.17) is 0 Å². The van der Waals surface area contributed by atoms with Crippen LogP contribution in [0, 0.1) is 11.7 Å². The molecule has 1 heterocycles. The van der Waals surface area contributed by atoms with Crippen LogP contribution in [-0.4, -0.2) is 4.98 Å². The van der Waals surface area contributed by atoms with Crippen LogP contribution in [0.1, 0.15) is 43.6 Å².